The van der Waals surface area contributed by atoms with Crippen LogP contribution in [0.15, 0.2) is 65.6 Å². The number of aryl methyl sites for hydroxylation is 1. The fraction of sp³-hybridized carbons (Fsp3) is 0.179. The number of rotatable bonds is 9. The van der Waals surface area contributed by atoms with Crippen molar-refractivity contribution in [3.63, 3.8) is 0 Å². The van der Waals surface area contributed by atoms with Crippen LogP contribution in [-0.2, 0) is 16.0 Å². The summed E-state index contributed by atoms with van der Waals surface area (Å²) < 4.78 is 11.9. The van der Waals surface area contributed by atoms with Crippen LogP contribution in [0.3, 0.4) is 0 Å². The van der Waals surface area contributed by atoms with Crippen molar-refractivity contribution in [3.05, 3.63) is 86.7 Å². The Morgan fingerprint density at radius 1 is 1.05 bits per heavy atom. The molecule has 0 unspecified atom stereocenters. The van der Waals surface area contributed by atoms with Crippen molar-refractivity contribution in [1.29, 1.82) is 0 Å². The van der Waals surface area contributed by atoms with Crippen molar-refractivity contribution < 1.29 is 19.1 Å². The molecule has 1 saturated heterocycles. The van der Waals surface area contributed by atoms with Crippen LogP contribution in [0.2, 0.25) is 10.0 Å². The molecule has 38 heavy (non-hydrogen) atoms. The highest BCUT2D eigenvalue weighted by atomic mass is 35.5. The SMILES string of the molecule is CCOc1cc(/C=C2\SC(=S)N(c3ccc(CC)cc3)C2=O)ccc1OCC(=O)Nc1cccc(Cl)c1Cl. The molecule has 6 nitrogen and oxygen atoms in total. The molecule has 10 heteroatoms. The van der Waals surface area contributed by atoms with Gasteiger partial charge in [0.15, 0.2) is 22.4 Å². The van der Waals surface area contributed by atoms with Crippen molar-refractivity contribution in [3.8, 4) is 11.5 Å². The molecule has 1 N–H and O–H groups in total. The average molecular weight is 588 g/mol. The standard InChI is InChI=1S/C28H24Cl2N2O4S2/c1-3-17-8-11-19(12-9-17)32-27(34)24(38-28(32)37)15-18-10-13-22(23(14-18)35-4-2)36-16-25(33)31-21-7-5-6-20(29)26(21)30/h5-15H,3-4,16H2,1-2H3,(H,31,33)/b24-15-. The normalized spacial score (nSPS) is 14.2. The van der Waals surface area contributed by atoms with E-state index in [1.165, 1.54) is 22.2 Å². The number of nitrogens with zero attached hydrogens (tertiary/aromatic N) is 1. The van der Waals surface area contributed by atoms with E-state index in [4.69, 9.17) is 44.9 Å². The van der Waals surface area contributed by atoms with Gasteiger partial charge in [0.25, 0.3) is 11.8 Å². The van der Waals surface area contributed by atoms with Gasteiger partial charge < -0.3 is 14.8 Å². The minimum absolute atomic E-state index is 0.182. The van der Waals surface area contributed by atoms with Gasteiger partial charge in [-0.15, -0.1) is 0 Å². The van der Waals surface area contributed by atoms with E-state index in [0.29, 0.717) is 38.0 Å². The third-order valence-electron chi connectivity index (χ3n) is 5.55. The van der Waals surface area contributed by atoms with Gasteiger partial charge in [0.05, 0.1) is 32.9 Å². The van der Waals surface area contributed by atoms with E-state index in [0.717, 1.165) is 17.7 Å². The lowest BCUT2D eigenvalue weighted by molar-refractivity contribution is -0.118. The summed E-state index contributed by atoms with van der Waals surface area (Å²) in [5, 5.41) is 3.27. The quantitative estimate of drug-likeness (QED) is 0.208. The maximum atomic E-state index is 13.2. The lowest BCUT2D eigenvalue weighted by Gasteiger charge is -2.15. The molecule has 0 radical (unpaired) electrons. The molecule has 3 aromatic carbocycles. The summed E-state index contributed by atoms with van der Waals surface area (Å²) in [7, 11) is 0. The molecule has 0 saturated carbocycles. The van der Waals surface area contributed by atoms with E-state index in [1.54, 1.807) is 42.5 Å². The highest BCUT2D eigenvalue weighted by Gasteiger charge is 2.33. The second-order valence-electron chi connectivity index (χ2n) is 8.11. The number of carbonyl (C=O) groups excluding carboxylic acids is 2. The third kappa shape index (κ3) is 6.50. The average Bonchev–Trinajstić information content (AvgIpc) is 3.18. The van der Waals surface area contributed by atoms with Gasteiger partial charge in [0, 0.05) is 0 Å². The Kier molecular flexibility index (Phi) is 9.33. The highest BCUT2D eigenvalue weighted by Crippen LogP contribution is 2.37. The molecule has 0 aromatic heterocycles. The lowest BCUT2D eigenvalue weighted by Crippen LogP contribution is -2.27. The Morgan fingerprint density at radius 3 is 2.53 bits per heavy atom. The summed E-state index contributed by atoms with van der Waals surface area (Å²) in [6.07, 6.45) is 2.68. The predicted octanol–water partition coefficient (Wildman–Crippen LogP) is 7.38. The fourth-order valence-electron chi connectivity index (χ4n) is 3.65. The van der Waals surface area contributed by atoms with E-state index in [2.05, 4.69) is 12.2 Å². The number of halogens is 2. The number of amides is 2. The van der Waals surface area contributed by atoms with Crippen LogP contribution in [0.5, 0.6) is 11.5 Å². The smallest absolute Gasteiger partial charge is 0.270 e. The molecule has 0 aliphatic carbocycles. The zero-order chi connectivity index (χ0) is 27.2. The Hall–Kier alpha value is -3.04. The van der Waals surface area contributed by atoms with Crippen LogP contribution >= 0.6 is 47.2 Å². The number of carbonyl (C=O) groups is 2. The zero-order valence-electron chi connectivity index (χ0n) is 20.6. The van der Waals surface area contributed by atoms with Crippen LogP contribution in [-0.4, -0.2) is 29.3 Å². The van der Waals surface area contributed by atoms with Crippen molar-refractivity contribution in [1.82, 2.24) is 0 Å². The van der Waals surface area contributed by atoms with Gasteiger partial charge in [0.2, 0.25) is 0 Å². The molecular formula is C28H24Cl2N2O4S2. The maximum Gasteiger partial charge on any atom is 0.270 e. The number of nitrogens with one attached hydrogen (secondary N) is 1. The Morgan fingerprint density at radius 2 is 1.82 bits per heavy atom. The molecule has 0 spiro atoms. The molecule has 4 rings (SSSR count). The molecule has 1 aliphatic rings. The fourth-order valence-corrected chi connectivity index (χ4v) is 5.30. The molecule has 1 fully saturated rings. The first-order valence-corrected chi connectivity index (χ1v) is 13.8. The molecule has 2 amide bonds. The van der Waals surface area contributed by atoms with Gasteiger partial charge in [-0.3, -0.25) is 14.5 Å². The van der Waals surface area contributed by atoms with Crippen LogP contribution in [0.4, 0.5) is 11.4 Å². The molecule has 0 atom stereocenters. The molecule has 0 bridgehead atoms. The summed E-state index contributed by atoms with van der Waals surface area (Å²) in [5.41, 5.74) is 3.06. The van der Waals surface area contributed by atoms with Gasteiger partial charge in [-0.05, 0) is 66.9 Å². The third-order valence-corrected chi connectivity index (χ3v) is 7.67. The topological polar surface area (TPSA) is 67.9 Å². The first-order valence-electron chi connectivity index (χ1n) is 11.8. The Bertz CT molecular complexity index is 1410. The largest absolute Gasteiger partial charge is 0.490 e. The second-order valence-corrected chi connectivity index (χ2v) is 10.6. The van der Waals surface area contributed by atoms with Crippen molar-refractivity contribution >= 4 is 80.8 Å². The predicted molar refractivity (Wildman–Crippen MR) is 160 cm³/mol. The highest BCUT2D eigenvalue weighted by molar-refractivity contribution is 8.27. The van der Waals surface area contributed by atoms with Crippen molar-refractivity contribution in [2.24, 2.45) is 0 Å². The van der Waals surface area contributed by atoms with Crippen molar-refractivity contribution in [2.45, 2.75) is 20.3 Å². The van der Waals surface area contributed by atoms with Crippen LogP contribution in [0.1, 0.15) is 25.0 Å². The molecule has 1 aliphatic heterocycles. The lowest BCUT2D eigenvalue weighted by atomic mass is 10.1. The van der Waals surface area contributed by atoms with Gasteiger partial charge in [-0.25, -0.2) is 0 Å². The van der Waals surface area contributed by atoms with Crippen LogP contribution < -0.4 is 19.7 Å². The van der Waals surface area contributed by atoms with Gasteiger partial charge >= 0.3 is 0 Å². The van der Waals surface area contributed by atoms with E-state index >= 15 is 0 Å². The molecule has 196 valence electrons. The van der Waals surface area contributed by atoms with Gasteiger partial charge in [0.1, 0.15) is 0 Å². The number of ether oxygens (including phenoxy) is 2. The monoisotopic (exact) mass is 586 g/mol. The van der Waals surface area contributed by atoms with Crippen LogP contribution in [0, 0.1) is 0 Å². The maximum absolute atomic E-state index is 13.2. The molecule has 1 heterocycles. The molecular weight excluding hydrogens is 563 g/mol. The minimum atomic E-state index is -0.406. The van der Waals surface area contributed by atoms with Crippen molar-refractivity contribution in [2.75, 3.05) is 23.4 Å². The van der Waals surface area contributed by atoms with Gasteiger partial charge in [-0.1, -0.05) is 78.4 Å². The Labute approximate surface area is 240 Å². The summed E-state index contributed by atoms with van der Waals surface area (Å²) >= 11 is 18.9. The summed E-state index contributed by atoms with van der Waals surface area (Å²) in [4.78, 5) is 27.6. The number of thiocarbonyl (C=S) groups is 1. The van der Waals surface area contributed by atoms with Crippen LogP contribution in [0.25, 0.3) is 6.08 Å². The molecule has 3 aromatic rings. The number of hydrogen-bond donors (Lipinski definition) is 1. The number of thioether (sulfide) groups is 1. The first kappa shape index (κ1) is 28.0. The van der Waals surface area contributed by atoms with E-state index < -0.39 is 5.91 Å². The second kappa shape index (κ2) is 12.7. The van der Waals surface area contributed by atoms with Gasteiger partial charge in [-0.2, -0.15) is 0 Å². The summed E-state index contributed by atoms with van der Waals surface area (Å²) in [6, 6.07) is 18.0. The van der Waals surface area contributed by atoms with E-state index in [-0.39, 0.29) is 17.5 Å². The first-order chi connectivity index (χ1) is 18.3. The number of anilines is 2. The summed E-state index contributed by atoms with van der Waals surface area (Å²) in [5.74, 6) is 0.246. The minimum Gasteiger partial charge on any atom is -0.490 e. The summed E-state index contributed by atoms with van der Waals surface area (Å²) in [6.45, 7) is 4.05. The number of benzene rings is 3. The van der Waals surface area contributed by atoms with E-state index in [9.17, 15) is 9.59 Å². The zero-order valence-corrected chi connectivity index (χ0v) is 23.8. The van der Waals surface area contributed by atoms with E-state index in [1.807, 2.05) is 31.2 Å². The number of hydrogen-bond acceptors (Lipinski definition) is 6. The Balaban J connectivity index is 1.47.